The van der Waals surface area contributed by atoms with Crippen molar-refractivity contribution in [2.45, 2.75) is 27.2 Å². The monoisotopic (exact) mass is 269 g/mol. The van der Waals surface area contributed by atoms with E-state index in [9.17, 15) is 4.39 Å². The van der Waals surface area contributed by atoms with Crippen LogP contribution < -0.4 is 10.6 Å². The molecule has 0 saturated heterocycles. The first-order valence-corrected chi connectivity index (χ1v) is 6.14. The van der Waals surface area contributed by atoms with E-state index in [0.717, 1.165) is 0 Å². The van der Waals surface area contributed by atoms with Crippen LogP contribution >= 0.6 is 0 Å². The summed E-state index contributed by atoms with van der Waals surface area (Å²) < 4.78 is 14.0. The van der Waals surface area contributed by atoms with Crippen molar-refractivity contribution in [3.63, 3.8) is 0 Å². The van der Waals surface area contributed by atoms with Crippen molar-refractivity contribution in [3.8, 4) is 0 Å². The molecule has 0 saturated carbocycles. The van der Waals surface area contributed by atoms with Gasteiger partial charge in [0.15, 0.2) is 11.6 Å². The van der Waals surface area contributed by atoms with Crippen LogP contribution in [0.5, 0.6) is 0 Å². The van der Waals surface area contributed by atoms with Crippen molar-refractivity contribution in [2.75, 3.05) is 18.0 Å². The lowest BCUT2D eigenvalue weighted by Crippen LogP contribution is -2.33. The molecule has 3 N–H and O–H groups in total. The summed E-state index contributed by atoms with van der Waals surface area (Å²) in [6, 6.07) is 0. The minimum Gasteiger partial charge on any atom is -0.409 e. The van der Waals surface area contributed by atoms with Gasteiger partial charge in [0, 0.05) is 19.5 Å². The summed E-state index contributed by atoms with van der Waals surface area (Å²) in [5.74, 6) is 0.275. The lowest BCUT2D eigenvalue weighted by atomic mass is 10.2. The van der Waals surface area contributed by atoms with Crippen molar-refractivity contribution in [2.24, 2.45) is 16.8 Å². The van der Waals surface area contributed by atoms with Crippen LogP contribution in [0.25, 0.3) is 0 Å². The number of hydrogen-bond donors (Lipinski definition) is 2. The zero-order chi connectivity index (χ0) is 14.4. The van der Waals surface area contributed by atoms with Crippen LogP contribution in [0.2, 0.25) is 0 Å². The van der Waals surface area contributed by atoms with Gasteiger partial charge in [-0.3, -0.25) is 0 Å². The number of anilines is 1. The first kappa shape index (κ1) is 15.1. The Bertz CT molecular complexity index is 450. The first-order chi connectivity index (χ1) is 8.95. The Labute approximate surface area is 112 Å². The summed E-state index contributed by atoms with van der Waals surface area (Å²) in [6.07, 6.45) is 1.68. The maximum absolute atomic E-state index is 14.0. The number of aromatic nitrogens is 2. The summed E-state index contributed by atoms with van der Waals surface area (Å²) in [5.41, 5.74) is 5.75. The highest BCUT2D eigenvalue weighted by molar-refractivity contribution is 5.80. The van der Waals surface area contributed by atoms with E-state index in [1.165, 1.54) is 6.33 Å². The van der Waals surface area contributed by atoms with Gasteiger partial charge in [0.1, 0.15) is 12.2 Å². The molecule has 0 aliphatic heterocycles. The smallest absolute Gasteiger partial charge is 0.186 e. The second-order valence-corrected chi connectivity index (χ2v) is 4.78. The summed E-state index contributed by atoms with van der Waals surface area (Å²) in [5, 5.41) is 11.5. The molecular formula is C12H20FN5O. The second kappa shape index (κ2) is 6.86. The predicted octanol–water partition coefficient (Wildman–Crippen LogP) is 1.52. The largest absolute Gasteiger partial charge is 0.409 e. The highest BCUT2D eigenvalue weighted by Gasteiger charge is 2.17. The quantitative estimate of drug-likeness (QED) is 0.354. The third-order valence-electron chi connectivity index (χ3n) is 2.60. The number of amidine groups is 1. The van der Waals surface area contributed by atoms with Gasteiger partial charge in [-0.15, -0.1) is 0 Å². The van der Waals surface area contributed by atoms with Gasteiger partial charge in [-0.05, 0) is 12.8 Å². The Hall–Kier alpha value is -1.92. The minimum atomic E-state index is -0.428. The normalized spacial score (nSPS) is 11.9. The SMILES string of the molecule is Cc1ncnc(N(CCC(N)=NO)CC(C)C)c1F. The Morgan fingerprint density at radius 3 is 2.79 bits per heavy atom. The Morgan fingerprint density at radius 1 is 1.53 bits per heavy atom. The molecule has 0 aliphatic carbocycles. The fraction of sp³-hybridized carbons (Fsp3) is 0.583. The molecule has 7 heteroatoms. The van der Waals surface area contributed by atoms with Gasteiger partial charge in [0.25, 0.3) is 0 Å². The molecule has 1 aromatic heterocycles. The molecule has 0 spiro atoms. The molecule has 19 heavy (non-hydrogen) atoms. The molecule has 0 aromatic carbocycles. The van der Waals surface area contributed by atoms with E-state index in [4.69, 9.17) is 10.9 Å². The summed E-state index contributed by atoms with van der Waals surface area (Å²) >= 11 is 0. The molecular weight excluding hydrogens is 249 g/mol. The van der Waals surface area contributed by atoms with E-state index in [2.05, 4.69) is 15.1 Å². The van der Waals surface area contributed by atoms with Crippen LogP contribution in [0.4, 0.5) is 10.2 Å². The molecule has 1 aromatic rings. The van der Waals surface area contributed by atoms with Crippen molar-refractivity contribution in [3.05, 3.63) is 17.8 Å². The number of aryl methyl sites for hydroxylation is 1. The molecule has 0 amide bonds. The van der Waals surface area contributed by atoms with E-state index in [1.807, 2.05) is 13.8 Å². The molecule has 0 bridgehead atoms. The Morgan fingerprint density at radius 2 is 2.21 bits per heavy atom. The van der Waals surface area contributed by atoms with Crippen molar-refractivity contribution in [1.82, 2.24) is 9.97 Å². The summed E-state index contributed by atoms with van der Waals surface area (Å²) in [6.45, 7) is 6.72. The van der Waals surface area contributed by atoms with Crippen molar-refractivity contribution >= 4 is 11.7 Å². The molecule has 1 rings (SSSR count). The van der Waals surface area contributed by atoms with Crippen LogP contribution in [0.15, 0.2) is 11.5 Å². The molecule has 0 radical (unpaired) electrons. The van der Waals surface area contributed by atoms with Gasteiger partial charge in [-0.2, -0.15) is 0 Å². The lowest BCUT2D eigenvalue weighted by Gasteiger charge is -2.25. The van der Waals surface area contributed by atoms with Crippen LogP contribution in [0.3, 0.4) is 0 Å². The molecule has 1 heterocycles. The number of oxime groups is 1. The van der Waals surface area contributed by atoms with Gasteiger partial charge < -0.3 is 15.8 Å². The maximum atomic E-state index is 14.0. The lowest BCUT2D eigenvalue weighted by molar-refractivity contribution is 0.317. The molecule has 0 atom stereocenters. The molecule has 0 unspecified atom stereocenters. The number of hydrogen-bond acceptors (Lipinski definition) is 5. The highest BCUT2D eigenvalue weighted by atomic mass is 19.1. The number of rotatable bonds is 6. The van der Waals surface area contributed by atoms with E-state index >= 15 is 0 Å². The number of nitrogens with two attached hydrogens (primary N) is 1. The van der Waals surface area contributed by atoms with Gasteiger partial charge >= 0.3 is 0 Å². The van der Waals surface area contributed by atoms with Gasteiger partial charge in [0.2, 0.25) is 0 Å². The average Bonchev–Trinajstić information content (AvgIpc) is 2.37. The van der Waals surface area contributed by atoms with Crippen LogP contribution in [-0.4, -0.2) is 34.1 Å². The van der Waals surface area contributed by atoms with E-state index in [1.54, 1.807) is 11.8 Å². The second-order valence-electron chi connectivity index (χ2n) is 4.78. The van der Waals surface area contributed by atoms with Crippen molar-refractivity contribution < 1.29 is 9.60 Å². The summed E-state index contributed by atoms with van der Waals surface area (Å²) in [4.78, 5) is 9.59. The molecule has 0 fully saturated rings. The van der Waals surface area contributed by atoms with Gasteiger partial charge in [0.05, 0.1) is 5.69 Å². The number of nitrogens with zero attached hydrogens (tertiary/aromatic N) is 4. The fourth-order valence-electron chi connectivity index (χ4n) is 1.69. The highest BCUT2D eigenvalue weighted by Crippen LogP contribution is 2.18. The first-order valence-electron chi connectivity index (χ1n) is 6.14. The van der Waals surface area contributed by atoms with Crippen LogP contribution in [0.1, 0.15) is 26.0 Å². The van der Waals surface area contributed by atoms with E-state index in [-0.39, 0.29) is 11.7 Å². The summed E-state index contributed by atoms with van der Waals surface area (Å²) in [7, 11) is 0. The predicted molar refractivity (Wildman–Crippen MR) is 71.8 cm³/mol. The molecule has 106 valence electrons. The van der Waals surface area contributed by atoms with E-state index in [0.29, 0.717) is 31.1 Å². The zero-order valence-electron chi connectivity index (χ0n) is 11.5. The van der Waals surface area contributed by atoms with Gasteiger partial charge in [-0.1, -0.05) is 19.0 Å². The minimum absolute atomic E-state index is 0.111. The molecule has 0 aliphatic rings. The Balaban J connectivity index is 2.92. The maximum Gasteiger partial charge on any atom is 0.186 e. The third-order valence-corrected chi connectivity index (χ3v) is 2.60. The Kier molecular flexibility index (Phi) is 5.47. The van der Waals surface area contributed by atoms with Crippen LogP contribution in [0, 0.1) is 18.7 Å². The van der Waals surface area contributed by atoms with Crippen LogP contribution in [-0.2, 0) is 0 Å². The number of halogens is 1. The third kappa shape index (κ3) is 4.35. The average molecular weight is 269 g/mol. The van der Waals surface area contributed by atoms with E-state index < -0.39 is 5.82 Å². The molecule has 6 nitrogen and oxygen atoms in total. The standard InChI is InChI=1S/C12H20FN5O/c1-8(2)6-18(5-4-10(14)17-19)12-11(13)9(3)15-7-16-12/h7-8,19H,4-6H2,1-3H3,(H2,14,17). The fourth-order valence-corrected chi connectivity index (χ4v) is 1.69. The zero-order valence-corrected chi connectivity index (χ0v) is 11.5. The topological polar surface area (TPSA) is 87.6 Å². The van der Waals surface area contributed by atoms with Gasteiger partial charge in [-0.25, -0.2) is 14.4 Å². The van der Waals surface area contributed by atoms with Crippen molar-refractivity contribution in [1.29, 1.82) is 0 Å².